The summed E-state index contributed by atoms with van der Waals surface area (Å²) in [5.41, 5.74) is 2.32. The molecular weight excluding hydrogens is 222 g/mol. The van der Waals surface area contributed by atoms with Crippen molar-refractivity contribution in [2.24, 2.45) is 11.8 Å². The molecule has 2 N–H and O–H groups in total. The van der Waals surface area contributed by atoms with Gasteiger partial charge >= 0.3 is 0 Å². The molecule has 3 atom stereocenters. The molecule has 0 bridgehead atoms. The van der Waals surface area contributed by atoms with Gasteiger partial charge in [0.05, 0.1) is 17.4 Å². The Kier molecular flexibility index (Phi) is 2.98. The average Bonchev–Trinajstić information content (AvgIpc) is 2.83. The van der Waals surface area contributed by atoms with E-state index >= 15 is 0 Å². The van der Waals surface area contributed by atoms with Crippen LogP contribution >= 0.6 is 0 Å². The fraction of sp³-hybridized carbons (Fsp3) is 0.533. The van der Waals surface area contributed by atoms with Gasteiger partial charge in [0.15, 0.2) is 0 Å². The predicted molar refractivity (Wildman–Crippen MR) is 75.7 cm³/mol. The van der Waals surface area contributed by atoms with Gasteiger partial charge in [0.25, 0.3) is 0 Å². The zero-order valence-corrected chi connectivity index (χ0v) is 11.1. The molecule has 0 amide bonds. The van der Waals surface area contributed by atoms with Crippen LogP contribution in [0.15, 0.2) is 24.4 Å². The average molecular weight is 243 g/mol. The van der Waals surface area contributed by atoms with Crippen LogP contribution in [0.2, 0.25) is 0 Å². The number of hydrogen-bond acceptors (Lipinski definition) is 2. The molecule has 0 spiro atoms. The Morgan fingerprint density at radius 1 is 1.28 bits per heavy atom. The van der Waals surface area contributed by atoms with Crippen LogP contribution in [0.5, 0.6) is 0 Å². The van der Waals surface area contributed by atoms with E-state index < -0.39 is 0 Å². The summed E-state index contributed by atoms with van der Waals surface area (Å²) in [7, 11) is 0. The molecule has 18 heavy (non-hydrogen) atoms. The van der Waals surface area contributed by atoms with Crippen molar-refractivity contribution in [2.45, 2.75) is 39.2 Å². The van der Waals surface area contributed by atoms with Crippen molar-refractivity contribution in [3.8, 4) is 0 Å². The van der Waals surface area contributed by atoms with Gasteiger partial charge in [0, 0.05) is 11.4 Å². The van der Waals surface area contributed by atoms with Crippen LogP contribution < -0.4 is 5.32 Å². The highest BCUT2D eigenvalue weighted by Crippen LogP contribution is 2.32. The minimum atomic E-state index is 0.586. The van der Waals surface area contributed by atoms with Crippen LogP contribution in [0.1, 0.15) is 33.1 Å². The van der Waals surface area contributed by atoms with E-state index in [-0.39, 0.29) is 0 Å². The summed E-state index contributed by atoms with van der Waals surface area (Å²) in [6, 6.07) is 6.92. The number of nitrogens with one attached hydrogen (secondary N) is 2. The molecule has 3 nitrogen and oxygen atoms in total. The number of aromatic amines is 1. The lowest BCUT2D eigenvalue weighted by Crippen LogP contribution is -2.33. The molecule has 3 unspecified atom stereocenters. The number of hydrogen-bond donors (Lipinski definition) is 2. The van der Waals surface area contributed by atoms with E-state index in [4.69, 9.17) is 0 Å². The van der Waals surface area contributed by atoms with Gasteiger partial charge in [-0.25, -0.2) is 0 Å². The van der Waals surface area contributed by atoms with E-state index in [0.717, 1.165) is 17.4 Å². The first-order valence-electron chi connectivity index (χ1n) is 6.92. The molecular formula is C15H21N3. The highest BCUT2D eigenvalue weighted by atomic mass is 15.1. The molecule has 1 saturated carbocycles. The summed E-state index contributed by atoms with van der Waals surface area (Å²) in [4.78, 5) is 0. The summed E-state index contributed by atoms with van der Waals surface area (Å²) in [5.74, 6) is 1.58. The van der Waals surface area contributed by atoms with E-state index in [2.05, 4.69) is 47.6 Å². The van der Waals surface area contributed by atoms with Gasteiger partial charge in [-0.15, -0.1) is 0 Å². The lowest BCUT2D eigenvalue weighted by molar-refractivity contribution is 0.281. The maximum Gasteiger partial charge on any atom is 0.0881 e. The molecule has 1 aliphatic carbocycles. The maximum absolute atomic E-state index is 4.12. The first-order chi connectivity index (χ1) is 8.74. The van der Waals surface area contributed by atoms with E-state index in [1.807, 2.05) is 6.20 Å². The minimum absolute atomic E-state index is 0.586. The fourth-order valence-electron chi connectivity index (χ4n) is 3.02. The van der Waals surface area contributed by atoms with Gasteiger partial charge in [-0.2, -0.15) is 5.10 Å². The Morgan fingerprint density at radius 3 is 3.06 bits per heavy atom. The third-order valence-corrected chi connectivity index (χ3v) is 4.28. The quantitative estimate of drug-likeness (QED) is 0.842. The third kappa shape index (κ3) is 2.09. The number of anilines is 1. The van der Waals surface area contributed by atoms with E-state index in [1.165, 1.54) is 30.3 Å². The minimum Gasteiger partial charge on any atom is -0.380 e. The normalized spacial score (nSPS) is 28.4. The number of H-pyrrole nitrogens is 1. The van der Waals surface area contributed by atoms with Crippen LogP contribution in [0.4, 0.5) is 5.69 Å². The molecule has 1 aliphatic rings. The molecule has 0 saturated heterocycles. The second-order valence-electron chi connectivity index (χ2n) is 5.79. The molecule has 0 aliphatic heterocycles. The van der Waals surface area contributed by atoms with E-state index in [1.54, 1.807) is 0 Å². The molecule has 2 aromatic rings. The summed E-state index contributed by atoms with van der Waals surface area (Å²) in [6.45, 7) is 4.72. The first kappa shape index (κ1) is 11.6. The van der Waals surface area contributed by atoms with Crippen molar-refractivity contribution in [2.75, 3.05) is 5.32 Å². The topological polar surface area (TPSA) is 40.7 Å². The smallest absolute Gasteiger partial charge is 0.0881 e. The molecule has 1 fully saturated rings. The number of rotatable bonds is 2. The second kappa shape index (κ2) is 4.63. The van der Waals surface area contributed by atoms with Crippen molar-refractivity contribution >= 4 is 16.6 Å². The Labute approximate surface area is 108 Å². The molecule has 1 aromatic carbocycles. The van der Waals surface area contributed by atoms with Crippen LogP contribution in [-0.2, 0) is 0 Å². The number of aromatic nitrogens is 2. The van der Waals surface area contributed by atoms with Gasteiger partial charge in [0.2, 0.25) is 0 Å². The molecule has 1 aromatic heterocycles. The van der Waals surface area contributed by atoms with Crippen molar-refractivity contribution in [3.05, 3.63) is 24.4 Å². The Morgan fingerprint density at radius 2 is 2.17 bits per heavy atom. The Bertz CT molecular complexity index is 531. The molecule has 96 valence electrons. The summed E-state index contributed by atoms with van der Waals surface area (Å²) in [6.07, 6.45) is 5.85. The molecule has 3 heteroatoms. The van der Waals surface area contributed by atoms with Gasteiger partial charge in [-0.05, 0) is 30.7 Å². The zero-order valence-electron chi connectivity index (χ0n) is 11.1. The van der Waals surface area contributed by atoms with Crippen LogP contribution in [0, 0.1) is 11.8 Å². The highest BCUT2D eigenvalue weighted by molar-refractivity contribution is 5.90. The fourth-order valence-corrected chi connectivity index (χ4v) is 3.02. The third-order valence-electron chi connectivity index (χ3n) is 4.28. The maximum atomic E-state index is 4.12. The van der Waals surface area contributed by atoms with Crippen molar-refractivity contribution in [1.82, 2.24) is 10.2 Å². The van der Waals surface area contributed by atoms with Crippen molar-refractivity contribution in [1.29, 1.82) is 0 Å². The van der Waals surface area contributed by atoms with Gasteiger partial charge in [-0.3, -0.25) is 5.10 Å². The Hall–Kier alpha value is -1.51. The number of fused-ring (bicyclic) bond motifs is 1. The highest BCUT2D eigenvalue weighted by Gasteiger charge is 2.25. The zero-order chi connectivity index (χ0) is 12.5. The number of benzene rings is 1. The lowest BCUT2D eigenvalue weighted by atomic mass is 9.80. The van der Waals surface area contributed by atoms with Crippen LogP contribution in [0.3, 0.4) is 0 Å². The lowest BCUT2D eigenvalue weighted by Gasteiger charge is -2.34. The van der Waals surface area contributed by atoms with Crippen LogP contribution in [0.25, 0.3) is 10.9 Å². The number of nitrogens with zero attached hydrogens (tertiary/aromatic N) is 1. The van der Waals surface area contributed by atoms with Gasteiger partial charge < -0.3 is 5.32 Å². The molecule has 0 radical (unpaired) electrons. The summed E-state index contributed by atoms with van der Waals surface area (Å²) >= 11 is 0. The van der Waals surface area contributed by atoms with Crippen molar-refractivity contribution < 1.29 is 0 Å². The monoisotopic (exact) mass is 243 g/mol. The second-order valence-corrected chi connectivity index (χ2v) is 5.79. The van der Waals surface area contributed by atoms with Gasteiger partial charge in [0.1, 0.15) is 0 Å². The van der Waals surface area contributed by atoms with E-state index in [9.17, 15) is 0 Å². The number of para-hydroxylation sites is 1. The van der Waals surface area contributed by atoms with E-state index in [0.29, 0.717) is 6.04 Å². The standard InChI is InChI=1S/C15H21N3/c1-10-6-7-11(2)14(8-10)17-13-5-3-4-12-9-16-18-15(12)13/h3-5,9-11,14,17H,6-8H2,1-2H3,(H,16,18). The molecule has 3 rings (SSSR count). The van der Waals surface area contributed by atoms with Gasteiger partial charge in [-0.1, -0.05) is 32.4 Å². The SMILES string of the molecule is CC1CCC(C)C(Nc2cccc3cn[nH]c23)C1. The molecule has 1 heterocycles. The summed E-state index contributed by atoms with van der Waals surface area (Å²) < 4.78 is 0. The van der Waals surface area contributed by atoms with Crippen molar-refractivity contribution in [3.63, 3.8) is 0 Å². The Balaban J connectivity index is 1.85. The largest absolute Gasteiger partial charge is 0.380 e. The summed E-state index contributed by atoms with van der Waals surface area (Å²) in [5, 5.41) is 12.1. The predicted octanol–water partition coefficient (Wildman–Crippen LogP) is 3.80. The first-order valence-corrected chi connectivity index (χ1v) is 6.92. The van der Waals surface area contributed by atoms with Crippen LogP contribution in [-0.4, -0.2) is 16.2 Å².